The van der Waals surface area contributed by atoms with Crippen molar-refractivity contribution in [2.75, 3.05) is 11.1 Å². The summed E-state index contributed by atoms with van der Waals surface area (Å²) in [6.45, 7) is 0. The van der Waals surface area contributed by atoms with Gasteiger partial charge in [-0.25, -0.2) is 9.97 Å². The van der Waals surface area contributed by atoms with Crippen LogP contribution in [0, 0.1) is 0 Å². The first-order valence-electron chi connectivity index (χ1n) is 4.95. The first-order valence-corrected chi connectivity index (χ1v) is 5.32. The zero-order valence-electron chi connectivity index (χ0n) is 8.28. The summed E-state index contributed by atoms with van der Waals surface area (Å²) in [6, 6.07) is 0.392. The lowest BCUT2D eigenvalue weighted by Crippen LogP contribution is -2.21. The molecule has 0 radical (unpaired) electrons. The number of aromatic nitrogens is 2. The highest BCUT2D eigenvalue weighted by molar-refractivity contribution is 6.32. The first kappa shape index (κ1) is 10.2. The first-order chi connectivity index (χ1) is 7.27. The van der Waals surface area contributed by atoms with Crippen molar-refractivity contribution in [2.45, 2.75) is 25.3 Å². The maximum absolute atomic E-state index is 5.80. The average molecular weight is 225 g/mol. The second-order valence-corrected chi connectivity index (χ2v) is 3.91. The Labute approximate surface area is 93.6 Å². The zero-order valence-corrected chi connectivity index (χ0v) is 9.04. The summed E-state index contributed by atoms with van der Waals surface area (Å²) in [5.74, 6) is 0.635. The number of hydrogen-bond donors (Lipinski definition) is 2. The van der Waals surface area contributed by atoms with E-state index in [9.17, 15) is 0 Å². The lowest BCUT2D eigenvalue weighted by molar-refractivity contribution is 0.642. The molecule has 4 nitrogen and oxygen atoms in total. The van der Waals surface area contributed by atoms with E-state index in [0.717, 1.165) is 19.3 Å². The van der Waals surface area contributed by atoms with E-state index in [0.29, 0.717) is 22.7 Å². The van der Waals surface area contributed by atoms with Crippen molar-refractivity contribution in [3.8, 4) is 0 Å². The highest BCUT2D eigenvalue weighted by Crippen LogP contribution is 2.24. The predicted molar refractivity (Wildman–Crippen MR) is 61.9 cm³/mol. The summed E-state index contributed by atoms with van der Waals surface area (Å²) >= 11 is 5.80. The maximum atomic E-state index is 5.80. The van der Waals surface area contributed by atoms with E-state index in [4.69, 9.17) is 17.3 Å². The van der Waals surface area contributed by atoms with Gasteiger partial charge in [-0.15, -0.1) is 0 Å². The van der Waals surface area contributed by atoms with Crippen LogP contribution in [0.4, 0.5) is 11.5 Å². The van der Waals surface area contributed by atoms with Crippen LogP contribution in [0.25, 0.3) is 0 Å². The molecule has 1 aliphatic rings. The van der Waals surface area contributed by atoms with Crippen LogP contribution in [-0.4, -0.2) is 16.0 Å². The number of nitrogens with two attached hydrogens (primary N) is 1. The van der Waals surface area contributed by atoms with Crippen LogP contribution in [-0.2, 0) is 0 Å². The van der Waals surface area contributed by atoms with Gasteiger partial charge in [0.1, 0.15) is 12.0 Å². The fourth-order valence-corrected chi connectivity index (χ4v) is 1.74. The third-order valence-electron chi connectivity index (χ3n) is 2.45. The van der Waals surface area contributed by atoms with E-state index in [-0.39, 0.29) is 0 Å². The number of allylic oxidation sites excluding steroid dienone is 1. The molecule has 0 saturated heterocycles. The van der Waals surface area contributed by atoms with E-state index in [1.165, 1.54) is 6.33 Å². The van der Waals surface area contributed by atoms with Gasteiger partial charge < -0.3 is 11.1 Å². The minimum absolute atomic E-state index is 0.304. The van der Waals surface area contributed by atoms with Crippen LogP contribution in [0.3, 0.4) is 0 Å². The van der Waals surface area contributed by atoms with E-state index in [1.54, 1.807) is 0 Å². The molecular weight excluding hydrogens is 212 g/mol. The second kappa shape index (κ2) is 4.49. The highest BCUT2D eigenvalue weighted by Gasteiger charge is 2.13. The monoisotopic (exact) mass is 224 g/mol. The molecule has 2 rings (SSSR count). The normalized spacial score (nSPS) is 20.2. The molecule has 80 valence electrons. The minimum Gasteiger partial charge on any atom is -0.393 e. The predicted octanol–water partition coefficient (Wildman–Crippen LogP) is 2.23. The molecule has 3 N–H and O–H groups in total. The standard InChI is InChI=1S/C10H13ClN4/c11-9-8(12)10(14-6-13-9)15-7-4-2-1-3-5-7/h1-2,6-7H,3-5,12H2,(H,13,14,15). The highest BCUT2D eigenvalue weighted by atomic mass is 35.5. The fourth-order valence-electron chi connectivity index (χ4n) is 1.61. The van der Waals surface area contributed by atoms with Gasteiger partial charge in [-0.2, -0.15) is 0 Å². The Morgan fingerprint density at radius 1 is 1.40 bits per heavy atom. The molecule has 1 heterocycles. The van der Waals surface area contributed by atoms with Crippen molar-refractivity contribution in [3.63, 3.8) is 0 Å². The number of rotatable bonds is 2. The molecule has 0 aliphatic heterocycles. The van der Waals surface area contributed by atoms with Crippen molar-refractivity contribution in [1.29, 1.82) is 0 Å². The Bertz CT molecular complexity index is 378. The Kier molecular flexibility index (Phi) is 3.06. The molecule has 1 aliphatic carbocycles. The van der Waals surface area contributed by atoms with Gasteiger partial charge in [0, 0.05) is 6.04 Å². The second-order valence-electron chi connectivity index (χ2n) is 3.55. The Balaban J connectivity index is 2.10. The summed E-state index contributed by atoms with van der Waals surface area (Å²) in [6.07, 6.45) is 8.96. The summed E-state index contributed by atoms with van der Waals surface area (Å²) in [7, 11) is 0. The topological polar surface area (TPSA) is 63.8 Å². The molecule has 1 atom stereocenters. The number of anilines is 2. The van der Waals surface area contributed by atoms with Gasteiger partial charge >= 0.3 is 0 Å². The molecule has 1 aromatic rings. The van der Waals surface area contributed by atoms with Crippen LogP contribution in [0.5, 0.6) is 0 Å². The van der Waals surface area contributed by atoms with Gasteiger partial charge in [0.25, 0.3) is 0 Å². The van der Waals surface area contributed by atoms with E-state index >= 15 is 0 Å². The Hall–Kier alpha value is -1.29. The molecule has 0 saturated carbocycles. The van der Waals surface area contributed by atoms with Crippen LogP contribution >= 0.6 is 11.6 Å². The summed E-state index contributed by atoms with van der Waals surface area (Å²) < 4.78 is 0. The number of hydrogen-bond acceptors (Lipinski definition) is 4. The van der Waals surface area contributed by atoms with E-state index < -0.39 is 0 Å². The maximum Gasteiger partial charge on any atom is 0.157 e. The molecule has 1 aromatic heterocycles. The molecule has 0 aromatic carbocycles. The Morgan fingerprint density at radius 2 is 2.27 bits per heavy atom. The average Bonchev–Trinajstić information content (AvgIpc) is 2.26. The summed E-state index contributed by atoms with van der Waals surface area (Å²) in [5, 5.41) is 3.58. The van der Waals surface area contributed by atoms with Crippen molar-refractivity contribution in [3.05, 3.63) is 23.6 Å². The molecule has 0 amide bonds. The molecular formula is C10H13ClN4. The van der Waals surface area contributed by atoms with Crippen molar-refractivity contribution < 1.29 is 0 Å². The number of nitrogens with one attached hydrogen (secondary N) is 1. The van der Waals surface area contributed by atoms with Gasteiger partial charge in [0.05, 0.1) is 0 Å². The van der Waals surface area contributed by atoms with Crippen LogP contribution in [0.2, 0.25) is 5.15 Å². The van der Waals surface area contributed by atoms with Crippen LogP contribution < -0.4 is 11.1 Å². The van der Waals surface area contributed by atoms with Gasteiger partial charge in [-0.05, 0) is 19.3 Å². The smallest absolute Gasteiger partial charge is 0.157 e. The molecule has 0 fully saturated rings. The van der Waals surface area contributed by atoms with Gasteiger partial charge in [-0.1, -0.05) is 23.8 Å². The zero-order chi connectivity index (χ0) is 10.7. The lowest BCUT2D eigenvalue weighted by Gasteiger charge is -2.20. The molecule has 5 heteroatoms. The Morgan fingerprint density at radius 3 is 3.00 bits per heavy atom. The molecule has 1 unspecified atom stereocenters. The molecule has 15 heavy (non-hydrogen) atoms. The minimum atomic E-state index is 0.304. The molecule has 0 bridgehead atoms. The van der Waals surface area contributed by atoms with E-state index in [2.05, 4.69) is 27.4 Å². The number of halogens is 1. The molecule has 0 spiro atoms. The third kappa shape index (κ3) is 2.39. The summed E-state index contributed by atoms with van der Waals surface area (Å²) in [4.78, 5) is 7.89. The van der Waals surface area contributed by atoms with Crippen molar-refractivity contribution >= 4 is 23.1 Å². The van der Waals surface area contributed by atoms with E-state index in [1.807, 2.05) is 0 Å². The SMILES string of the molecule is Nc1c(Cl)ncnc1NC1CC=CCC1. The fraction of sp³-hybridized carbons (Fsp3) is 0.400. The third-order valence-corrected chi connectivity index (χ3v) is 2.75. The van der Waals surface area contributed by atoms with Gasteiger partial charge in [0.2, 0.25) is 0 Å². The summed E-state index contributed by atoms with van der Waals surface area (Å²) in [5.41, 5.74) is 6.19. The van der Waals surface area contributed by atoms with Gasteiger partial charge in [-0.3, -0.25) is 0 Å². The largest absolute Gasteiger partial charge is 0.393 e. The van der Waals surface area contributed by atoms with Crippen LogP contribution in [0.1, 0.15) is 19.3 Å². The van der Waals surface area contributed by atoms with Crippen molar-refractivity contribution in [2.24, 2.45) is 0 Å². The van der Waals surface area contributed by atoms with Crippen LogP contribution in [0.15, 0.2) is 18.5 Å². The van der Waals surface area contributed by atoms with Gasteiger partial charge in [0.15, 0.2) is 11.0 Å². The van der Waals surface area contributed by atoms with Crippen molar-refractivity contribution in [1.82, 2.24) is 9.97 Å². The number of nitrogens with zero attached hydrogens (tertiary/aromatic N) is 2. The quantitative estimate of drug-likeness (QED) is 0.597. The number of nitrogen functional groups attached to an aromatic ring is 1. The lowest BCUT2D eigenvalue weighted by atomic mass is 10.0.